The van der Waals surface area contributed by atoms with Crippen molar-refractivity contribution in [3.8, 4) is 5.69 Å². The summed E-state index contributed by atoms with van der Waals surface area (Å²) in [6.45, 7) is 0.286. The molecule has 2 aromatic rings. The quantitative estimate of drug-likeness (QED) is 0.550. The zero-order valence-corrected chi connectivity index (χ0v) is 18.2. The van der Waals surface area contributed by atoms with Gasteiger partial charge in [0.1, 0.15) is 0 Å². The second-order valence-electron chi connectivity index (χ2n) is 8.15. The summed E-state index contributed by atoms with van der Waals surface area (Å²) < 4.78 is 1.59. The van der Waals surface area contributed by atoms with Crippen LogP contribution in [-0.2, 0) is 9.59 Å². The van der Waals surface area contributed by atoms with E-state index < -0.39 is 0 Å². The molecule has 10 heteroatoms. The Kier molecular flexibility index (Phi) is 8.32. The Bertz CT molecular complexity index is 899. The lowest BCUT2D eigenvalue weighted by molar-refractivity contribution is -0.124. The first kappa shape index (κ1) is 23.4. The molecule has 0 unspecified atom stereocenters. The van der Waals surface area contributed by atoms with Crippen molar-refractivity contribution in [2.24, 2.45) is 0 Å². The Hall–Kier alpha value is -3.27. The van der Waals surface area contributed by atoms with Crippen LogP contribution in [0.5, 0.6) is 0 Å². The minimum atomic E-state index is -0.250. The first-order chi connectivity index (χ1) is 15.5. The molecule has 2 fully saturated rings. The summed E-state index contributed by atoms with van der Waals surface area (Å²) >= 11 is 0. The molecule has 2 amide bonds. The van der Waals surface area contributed by atoms with Crippen LogP contribution in [0.1, 0.15) is 49.0 Å². The van der Waals surface area contributed by atoms with E-state index in [0.29, 0.717) is 24.7 Å². The van der Waals surface area contributed by atoms with Crippen LogP contribution in [0.4, 0.5) is 0 Å². The maximum atomic E-state index is 12.5. The average Bonchev–Trinajstić information content (AvgIpc) is 3.38. The van der Waals surface area contributed by atoms with Gasteiger partial charge in [0.15, 0.2) is 5.69 Å². The van der Waals surface area contributed by atoms with Gasteiger partial charge in [-0.15, -0.1) is 5.10 Å². The molecule has 0 spiro atoms. The highest BCUT2D eigenvalue weighted by Gasteiger charge is 2.32. The number of aromatic nitrogens is 3. The molecule has 0 radical (unpaired) electrons. The molecule has 0 bridgehead atoms. The number of carbonyl (C=O) groups excluding carboxylic acids is 2. The maximum Gasteiger partial charge on any atom is 0.290 e. The summed E-state index contributed by atoms with van der Waals surface area (Å²) in [5.74, 6) is -0.0829. The number of carboxylic acid groups (broad SMARTS) is 1. The van der Waals surface area contributed by atoms with Crippen molar-refractivity contribution >= 4 is 18.3 Å². The molecular formula is C22H30N6O4. The van der Waals surface area contributed by atoms with Gasteiger partial charge in [0.05, 0.1) is 11.9 Å². The molecule has 1 saturated carbocycles. The van der Waals surface area contributed by atoms with E-state index >= 15 is 0 Å². The predicted molar refractivity (Wildman–Crippen MR) is 117 cm³/mol. The van der Waals surface area contributed by atoms with Gasteiger partial charge in [-0.3, -0.25) is 19.3 Å². The topological polar surface area (TPSA) is 129 Å². The smallest absolute Gasteiger partial charge is 0.290 e. The number of hydrogen-bond donors (Lipinski definition) is 3. The van der Waals surface area contributed by atoms with Crippen molar-refractivity contribution in [1.82, 2.24) is 30.5 Å². The van der Waals surface area contributed by atoms with Crippen LogP contribution in [0.15, 0.2) is 36.5 Å². The predicted octanol–water partition coefficient (Wildman–Crippen LogP) is 1.22. The molecule has 1 aromatic heterocycles. The highest BCUT2D eigenvalue weighted by atomic mass is 16.3. The van der Waals surface area contributed by atoms with Gasteiger partial charge in [-0.05, 0) is 51.3 Å². The summed E-state index contributed by atoms with van der Waals surface area (Å²) in [4.78, 5) is 35.2. The van der Waals surface area contributed by atoms with Gasteiger partial charge in [0, 0.05) is 31.1 Å². The third-order valence-electron chi connectivity index (χ3n) is 6.12. The van der Waals surface area contributed by atoms with E-state index in [2.05, 4.69) is 25.8 Å². The maximum absolute atomic E-state index is 12.5. The second kappa shape index (κ2) is 11.4. The van der Waals surface area contributed by atoms with E-state index in [0.717, 1.165) is 31.4 Å². The Morgan fingerprint density at radius 2 is 1.84 bits per heavy atom. The Balaban J connectivity index is 0.000000913. The summed E-state index contributed by atoms with van der Waals surface area (Å²) in [6, 6.07) is 10.4. The van der Waals surface area contributed by atoms with Gasteiger partial charge in [0.25, 0.3) is 12.4 Å². The normalized spacial score (nSPS) is 20.5. The number of hydrogen-bond acceptors (Lipinski definition) is 6. The van der Waals surface area contributed by atoms with Crippen LogP contribution in [0, 0.1) is 0 Å². The lowest BCUT2D eigenvalue weighted by Crippen LogP contribution is -2.44. The molecule has 3 N–H and O–H groups in total. The van der Waals surface area contributed by atoms with Crippen LogP contribution in [0.25, 0.3) is 5.69 Å². The zero-order valence-electron chi connectivity index (χ0n) is 18.2. The molecule has 172 valence electrons. The van der Waals surface area contributed by atoms with Gasteiger partial charge >= 0.3 is 0 Å². The lowest BCUT2D eigenvalue weighted by Gasteiger charge is -2.29. The summed E-state index contributed by atoms with van der Waals surface area (Å²) in [7, 11) is 2.04. The molecule has 10 nitrogen and oxygen atoms in total. The van der Waals surface area contributed by atoms with Crippen molar-refractivity contribution in [3.05, 3.63) is 42.2 Å². The van der Waals surface area contributed by atoms with Crippen molar-refractivity contribution in [3.63, 3.8) is 0 Å². The van der Waals surface area contributed by atoms with Gasteiger partial charge in [0.2, 0.25) is 5.91 Å². The standard InChI is InChI=1S/C21H28N6O2.CH2O2/c1-26-17(12-20(28)23-15-6-5-7-15)10-11-18(26)13-22-21(29)19-14-27(25-24-19)16-8-3-2-4-9-16;2-1-3/h2-4,8-9,14-15,17-18H,5-7,10-13H2,1H3,(H,22,29)(H,23,28);1H,(H,2,3)/t17-,18+;/m1./s1. The summed E-state index contributed by atoms with van der Waals surface area (Å²) in [5.41, 5.74) is 1.16. The molecule has 2 atom stereocenters. The number of benzene rings is 1. The van der Waals surface area contributed by atoms with E-state index in [1.54, 1.807) is 10.9 Å². The van der Waals surface area contributed by atoms with Crippen molar-refractivity contribution in [2.75, 3.05) is 13.6 Å². The van der Waals surface area contributed by atoms with Crippen LogP contribution in [-0.4, -0.2) is 75.0 Å². The average molecular weight is 443 g/mol. The van der Waals surface area contributed by atoms with E-state index in [1.165, 1.54) is 6.42 Å². The molecule has 2 aliphatic rings. The number of nitrogens with zero attached hydrogens (tertiary/aromatic N) is 4. The largest absolute Gasteiger partial charge is 0.483 e. The number of likely N-dealkylation sites (N-methyl/N-ethyl adjacent to an activating group) is 1. The fourth-order valence-corrected chi connectivity index (χ4v) is 4.01. The van der Waals surface area contributed by atoms with E-state index in [9.17, 15) is 9.59 Å². The Labute approximate surface area is 187 Å². The van der Waals surface area contributed by atoms with Gasteiger partial charge < -0.3 is 15.7 Å². The SMILES string of the molecule is CN1[C@@H](CC(=O)NC2CCC2)CC[C@H]1CNC(=O)c1cn(-c2ccccc2)nn1.O=CO. The lowest BCUT2D eigenvalue weighted by atomic mass is 9.93. The molecule has 1 aliphatic heterocycles. The number of nitrogens with one attached hydrogen (secondary N) is 2. The fourth-order valence-electron chi connectivity index (χ4n) is 4.01. The number of para-hydroxylation sites is 1. The summed E-state index contributed by atoms with van der Waals surface area (Å²) in [6.07, 6.45) is 7.54. The fraction of sp³-hybridized carbons (Fsp3) is 0.500. The van der Waals surface area contributed by atoms with Crippen LogP contribution in [0.2, 0.25) is 0 Å². The van der Waals surface area contributed by atoms with E-state index in [1.807, 2.05) is 37.4 Å². The molecule has 1 aromatic carbocycles. The first-order valence-corrected chi connectivity index (χ1v) is 10.9. The monoisotopic (exact) mass is 442 g/mol. The van der Waals surface area contributed by atoms with E-state index in [-0.39, 0.29) is 30.4 Å². The first-order valence-electron chi connectivity index (χ1n) is 10.9. The van der Waals surface area contributed by atoms with Crippen LogP contribution < -0.4 is 10.6 Å². The molecule has 32 heavy (non-hydrogen) atoms. The number of likely N-dealkylation sites (tertiary alicyclic amines) is 1. The number of amides is 2. The minimum absolute atomic E-state index is 0.147. The molecule has 1 aliphatic carbocycles. The minimum Gasteiger partial charge on any atom is -0.483 e. The molecule has 4 rings (SSSR count). The van der Waals surface area contributed by atoms with Gasteiger partial charge in [-0.2, -0.15) is 0 Å². The van der Waals surface area contributed by atoms with Crippen molar-refractivity contribution in [2.45, 2.75) is 56.7 Å². The molecule has 1 saturated heterocycles. The highest BCUT2D eigenvalue weighted by Crippen LogP contribution is 2.25. The number of rotatable bonds is 7. The zero-order chi connectivity index (χ0) is 22.9. The third-order valence-corrected chi connectivity index (χ3v) is 6.12. The van der Waals surface area contributed by atoms with Gasteiger partial charge in [-0.1, -0.05) is 23.4 Å². The van der Waals surface area contributed by atoms with E-state index in [4.69, 9.17) is 9.90 Å². The van der Waals surface area contributed by atoms with Gasteiger partial charge in [-0.25, -0.2) is 4.68 Å². The summed E-state index contributed by atoms with van der Waals surface area (Å²) in [5, 5.41) is 21.0. The Morgan fingerprint density at radius 1 is 1.16 bits per heavy atom. The molecular weight excluding hydrogens is 412 g/mol. The third kappa shape index (κ3) is 6.13. The van der Waals surface area contributed by atoms with Crippen LogP contribution in [0.3, 0.4) is 0 Å². The van der Waals surface area contributed by atoms with Crippen molar-refractivity contribution in [1.29, 1.82) is 0 Å². The van der Waals surface area contributed by atoms with Crippen LogP contribution >= 0.6 is 0 Å². The highest BCUT2D eigenvalue weighted by molar-refractivity contribution is 5.91. The second-order valence-corrected chi connectivity index (χ2v) is 8.15. The van der Waals surface area contributed by atoms with Crippen molar-refractivity contribution < 1.29 is 19.5 Å². The Morgan fingerprint density at radius 3 is 2.50 bits per heavy atom. The number of carbonyl (C=O) groups is 3. The molecule has 2 heterocycles.